The zero-order valence-electron chi connectivity index (χ0n) is 17.2. The van der Waals surface area contributed by atoms with Crippen LogP contribution in [0.15, 0.2) is 0 Å². The highest BCUT2D eigenvalue weighted by Gasteiger charge is 2.79. The van der Waals surface area contributed by atoms with Gasteiger partial charge < -0.3 is 9.84 Å². The molecule has 0 aromatic rings. The number of aliphatic hydroxyl groups is 1. The van der Waals surface area contributed by atoms with E-state index < -0.39 is 45.8 Å². The van der Waals surface area contributed by atoms with Crippen LogP contribution >= 0.6 is 0 Å². The second kappa shape index (κ2) is 6.81. The van der Waals surface area contributed by atoms with Crippen LogP contribution in [-0.4, -0.2) is 34.6 Å². The zero-order valence-corrected chi connectivity index (χ0v) is 17.2. The van der Waals surface area contributed by atoms with Crippen molar-refractivity contribution in [3.05, 3.63) is 0 Å². The van der Waals surface area contributed by atoms with Crippen LogP contribution in [0, 0.1) is 16.2 Å². The van der Waals surface area contributed by atoms with Gasteiger partial charge in [-0.25, -0.2) is 0 Å². The lowest BCUT2D eigenvalue weighted by atomic mass is 9.61. The highest BCUT2D eigenvalue weighted by Crippen LogP contribution is 2.53. The lowest BCUT2D eigenvalue weighted by molar-refractivity contribution is -0.408. The number of esters is 1. The van der Waals surface area contributed by atoms with Gasteiger partial charge in [0.25, 0.3) is 5.60 Å². The summed E-state index contributed by atoms with van der Waals surface area (Å²) >= 11 is 0. The van der Waals surface area contributed by atoms with Gasteiger partial charge in [-0.15, -0.1) is 0 Å². The van der Waals surface area contributed by atoms with Crippen molar-refractivity contribution >= 4 is 5.97 Å². The standard InChI is InChI=1S/C18H30F6O3/c1-12(2,3)10-15(9,13(4,5)6)11(25)27-14(7,8)16(26,17(19,20)21)18(22,23)24/h26H,10H2,1-9H3. The highest BCUT2D eigenvalue weighted by atomic mass is 19.4. The Morgan fingerprint density at radius 3 is 1.33 bits per heavy atom. The van der Waals surface area contributed by atoms with E-state index in [-0.39, 0.29) is 6.42 Å². The molecule has 0 spiro atoms. The molecule has 3 nitrogen and oxygen atoms in total. The number of hydrogen-bond acceptors (Lipinski definition) is 3. The first-order valence-electron chi connectivity index (χ1n) is 8.43. The van der Waals surface area contributed by atoms with Crippen molar-refractivity contribution in [2.45, 2.75) is 92.3 Å². The number of carbonyl (C=O) groups excluding carboxylic acids is 1. The first-order chi connectivity index (χ1) is 11.3. The Morgan fingerprint density at radius 2 is 1.11 bits per heavy atom. The van der Waals surface area contributed by atoms with E-state index in [0.717, 1.165) is 0 Å². The van der Waals surface area contributed by atoms with Gasteiger partial charge in [0.2, 0.25) is 0 Å². The maximum Gasteiger partial charge on any atom is 0.430 e. The third kappa shape index (κ3) is 4.90. The van der Waals surface area contributed by atoms with Gasteiger partial charge in [-0.3, -0.25) is 4.79 Å². The monoisotopic (exact) mass is 408 g/mol. The van der Waals surface area contributed by atoms with Crippen LogP contribution in [0.4, 0.5) is 26.3 Å². The molecule has 0 aliphatic rings. The van der Waals surface area contributed by atoms with Gasteiger partial charge >= 0.3 is 18.3 Å². The van der Waals surface area contributed by atoms with Crippen LogP contribution < -0.4 is 0 Å². The van der Waals surface area contributed by atoms with Crippen LogP contribution in [0.1, 0.15) is 68.7 Å². The molecule has 0 rings (SSSR count). The molecule has 0 saturated carbocycles. The maximum atomic E-state index is 13.2. The Bertz CT molecular complexity index is 535. The molecule has 1 unspecified atom stereocenters. The third-order valence-electron chi connectivity index (χ3n) is 5.03. The molecule has 0 heterocycles. The van der Waals surface area contributed by atoms with Gasteiger partial charge in [-0.1, -0.05) is 41.5 Å². The number of rotatable bonds is 4. The van der Waals surface area contributed by atoms with E-state index in [4.69, 9.17) is 4.74 Å². The topological polar surface area (TPSA) is 46.5 Å². The molecule has 0 radical (unpaired) electrons. The van der Waals surface area contributed by atoms with Gasteiger partial charge in [0.05, 0.1) is 5.41 Å². The second-order valence-electron chi connectivity index (χ2n) is 9.93. The number of ether oxygens (including phenoxy) is 1. The predicted molar refractivity (Wildman–Crippen MR) is 88.9 cm³/mol. The molecule has 1 N–H and O–H groups in total. The average Bonchev–Trinajstić information content (AvgIpc) is 2.30. The van der Waals surface area contributed by atoms with Crippen LogP contribution in [0.2, 0.25) is 0 Å². The summed E-state index contributed by atoms with van der Waals surface area (Å²) in [6, 6.07) is 0. The Morgan fingerprint density at radius 1 is 0.778 bits per heavy atom. The van der Waals surface area contributed by atoms with Crippen LogP contribution in [-0.2, 0) is 9.53 Å². The van der Waals surface area contributed by atoms with Gasteiger partial charge in [-0.2, -0.15) is 26.3 Å². The zero-order chi connectivity index (χ0) is 22.5. The molecule has 0 amide bonds. The molecular formula is C18H30F6O3. The molecule has 0 aromatic heterocycles. The number of carbonyl (C=O) groups is 1. The van der Waals surface area contributed by atoms with Crippen molar-refractivity contribution in [3.63, 3.8) is 0 Å². The van der Waals surface area contributed by atoms with Crippen molar-refractivity contribution < 1.29 is 41.0 Å². The van der Waals surface area contributed by atoms with Crippen LogP contribution in [0.5, 0.6) is 0 Å². The van der Waals surface area contributed by atoms with Crippen molar-refractivity contribution in [3.8, 4) is 0 Å². The van der Waals surface area contributed by atoms with Crippen LogP contribution in [0.3, 0.4) is 0 Å². The summed E-state index contributed by atoms with van der Waals surface area (Å²) in [5.74, 6) is -1.23. The van der Waals surface area contributed by atoms with Crippen molar-refractivity contribution in [1.29, 1.82) is 0 Å². The second-order valence-corrected chi connectivity index (χ2v) is 9.93. The number of halogens is 6. The molecule has 0 bridgehead atoms. The lowest BCUT2D eigenvalue weighted by Crippen LogP contribution is -2.70. The fourth-order valence-electron chi connectivity index (χ4n) is 2.97. The molecule has 1 atom stereocenters. The minimum atomic E-state index is -6.10. The third-order valence-corrected chi connectivity index (χ3v) is 5.03. The lowest BCUT2D eigenvalue weighted by Gasteiger charge is -2.48. The minimum Gasteiger partial charge on any atom is -0.455 e. The first-order valence-corrected chi connectivity index (χ1v) is 8.43. The highest BCUT2D eigenvalue weighted by molar-refractivity contribution is 5.78. The molecule has 0 fully saturated rings. The summed E-state index contributed by atoms with van der Waals surface area (Å²) in [5.41, 5.74) is -11.2. The van der Waals surface area contributed by atoms with Crippen molar-refractivity contribution in [2.24, 2.45) is 16.2 Å². The van der Waals surface area contributed by atoms with E-state index in [1.54, 1.807) is 41.5 Å². The summed E-state index contributed by atoms with van der Waals surface area (Å²) in [4.78, 5) is 12.8. The van der Waals surface area contributed by atoms with E-state index in [9.17, 15) is 36.2 Å². The minimum absolute atomic E-state index is 0.148. The largest absolute Gasteiger partial charge is 0.455 e. The summed E-state index contributed by atoms with van der Waals surface area (Å²) in [6.45, 7) is 12.6. The molecule has 0 aromatic carbocycles. The summed E-state index contributed by atoms with van der Waals surface area (Å²) in [7, 11) is 0. The van der Waals surface area contributed by atoms with Gasteiger partial charge in [0.15, 0.2) is 5.60 Å². The Kier molecular flexibility index (Phi) is 6.56. The van der Waals surface area contributed by atoms with E-state index in [0.29, 0.717) is 13.8 Å². The maximum absolute atomic E-state index is 13.2. The smallest absolute Gasteiger partial charge is 0.430 e. The predicted octanol–water partition coefficient (Wildman–Crippen LogP) is 5.65. The van der Waals surface area contributed by atoms with E-state index >= 15 is 0 Å². The fourth-order valence-corrected chi connectivity index (χ4v) is 2.97. The van der Waals surface area contributed by atoms with Crippen LogP contribution in [0.25, 0.3) is 0 Å². The number of alkyl halides is 6. The van der Waals surface area contributed by atoms with E-state index in [1.165, 1.54) is 6.92 Å². The van der Waals surface area contributed by atoms with Crippen molar-refractivity contribution in [1.82, 2.24) is 0 Å². The molecule has 9 heteroatoms. The normalized spacial score (nSPS) is 17.5. The molecular weight excluding hydrogens is 378 g/mol. The summed E-state index contributed by atoms with van der Waals surface area (Å²) in [6.07, 6.45) is -12.1. The number of hydrogen-bond donors (Lipinski definition) is 1. The molecule has 0 saturated heterocycles. The van der Waals surface area contributed by atoms with Gasteiger partial charge in [0.1, 0.15) is 0 Å². The SMILES string of the molecule is CC(C)(C)CC(C)(C(=O)OC(C)(C)C(O)(C(F)(F)F)C(F)(F)F)C(C)(C)C. The summed E-state index contributed by atoms with van der Waals surface area (Å²) in [5, 5.41) is 9.63. The van der Waals surface area contributed by atoms with E-state index in [2.05, 4.69) is 0 Å². The molecule has 162 valence electrons. The Labute approximate surface area is 156 Å². The Hall–Kier alpha value is -0.990. The molecule has 0 aliphatic heterocycles. The van der Waals surface area contributed by atoms with Gasteiger partial charge in [0, 0.05) is 0 Å². The average molecular weight is 408 g/mol. The summed E-state index contributed by atoms with van der Waals surface area (Å²) < 4.78 is 83.9. The van der Waals surface area contributed by atoms with E-state index in [1.807, 2.05) is 0 Å². The molecule has 27 heavy (non-hydrogen) atoms. The van der Waals surface area contributed by atoms with Crippen molar-refractivity contribution in [2.75, 3.05) is 0 Å². The Balaban J connectivity index is 6.25. The van der Waals surface area contributed by atoms with Gasteiger partial charge in [-0.05, 0) is 38.0 Å². The fraction of sp³-hybridized carbons (Fsp3) is 0.944. The quantitative estimate of drug-likeness (QED) is 0.483. The first kappa shape index (κ1) is 26.0. The molecule has 0 aliphatic carbocycles.